The summed E-state index contributed by atoms with van der Waals surface area (Å²) >= 11 is 0. The van der Waals surface area contributed by atoms with E-state index in [0.29, 0.717) is 6.42 Å². The smallest absolute Gasteiger partial charge is 0.252 e. The van der Waals surface area contributed by atoms with Crippen molar-refractivity contribution < 1.29 is 9.63 Å². The van der Waals surface area contributed by atoms with Crippen LogP contribution in [0.15, 0.2) is 12.2 Å². The molecular formula is C8H14N2O2. The topological polar surface area (TPSA) is 55.6 Å². The first-order chi connectivity index (χ1) is 5.65. The van der Waals surface area contributed by atoms with Crippen LogP contribution in [-0.4, -0.2) is 31.2 Å². The molecule has 0 fully saturated rings. The highest BCUT2D eigenvalue weighted by molar-refractivity contribution is 5.80. The minimum Gasteiger partial charge on any atom is -0.324 e. The third-order valence-electron chi connectivity index (χ3n) is 2.02. The average Bonchev–Trinajstić information content (AvgIpc) is 2.49. The van der Waals surface area contributed by atoms with Gasteiger partial charge in [0.25, 0.3) is 5.91 Å². The Hall–Kier alpha value is -0.870. The minimum absolute atomic E-state index is 0.0178. The van der Waals surface area contributed by atoms with Crippen LogP contribution in [0.2, 0.25) is 0 Å². The SMILES string of the molecule is CON(C)C(=O)C1C=CC(N)C1. The Morgan fingerprint density at radius 3 is 2.75 bits per heavy atom. The third-order valence-corrected chi connectivity index (χ3v) is 2.02. The van der Waals surface area contributed by atoms with Crippen molar-refractivity contribution in [1.29, 1.82) is 0 Å². The van der Waals surface area contributed by atoms with Crippen LogP contribution in [0.1, 0.15) is 6.42 Å². The molecule has 0 saturated carbocycles. The lowest BCUT2D eigenvalue weighted by molar-refractivity contribution is -0.171. The van der Waals surface area contributed by atoms with E-state index in [4.69, 9.17) is 10.6 Å². The molecule has 68 valence electrons. The summed E-state index contributed by atoms with van der Waals surface area (Å²) in [6.07, 6.45) is 4.38. The van der Waals surface area contributed by atoms with Crippen molar-refractivity contribution in [3.05, 3.63) is 12.2 Å². The first-order valence-corrected chi connectivity index (χ1v) is 3.90. The quantitative estimate of drug-likeness (QED) is 0.465. The van der Waals surface area contributed by atoms with Crippen LogP contribution < -0.4 is 5.73 Å². The summed E-state index contributed by atoms with van der Waals surface area (Å²) in [6.45, 7) is 0. The van der Waals surface area contributed by atoms with E-state index in [1.165, 1.54) is 12.2 Å². The van der Waals surface area contributed by atoms with Gasteiger partial charge in [-0.05, 0) is 6.42 Å². The Morgan fingerprint density at radius 1 is 1.67 bits per heavy atom. The summed E-state index contributed by atoms with van der Waals surface area (Å²) in [5.41, 5.74) is 5.61. The molecule has 0 heterocycles. The Kier molecular flexibility index (Phi) is 2.83. The molecule has 1 rings (SSSR count). The van der Waals surface area contributed by atoms with Gasteiger partial charge < -0.3 is 5.73 Å². The van der Waals surface area contributed by atoms with E-state index in [9.17, 15) is 4.79 Å². The number of amides is 1. The summed E-state index contributed by atoms with van der Waals surface area (Å²) in [5.74, 6) is -0.147. The second kappa shape index (κ2) is 3.69. The van der Waals surface area contributed by atoms with E-state index in [-0.39, 0.29) is 17.9 Å². The zero-order valence-corrected chi connectivity index (χ0v) is 7.36. The normalized spacial score (nSPS) is 27.6. The maximum atomic E-state index is 11.4. The Labute approximate surface area is 71.9 Å². The molecule has 1 aliphatic rings. The van der Waals surface area contributed by atoms with Gasteiger partial charge in [-0.2, -0.15) is 0 Å². The first kappa shape index (κ1) is 9.22. The van der Waals surface area contributed by atoms with Crippen molar-refractivity contribution in [3.63, 3.8) is 0 Å². The van der Waals surface area contributed by atoms with Crippen molar-refractivity contribution in [2.45, 2.75) is 12.5 Å². The fraction of sp³-hybridized carbons (Fsp3) is 0.625. The fourth-order valence-corrected chi connectivity index (χ4v) is 1.23. The molecule has 2 unspecified atom stereocenters. The molecule has 0 aromatic heterocycles. The number of rotatable bonds is 2. The van der Waals surface area contributed by atoms with E-state index in [1.54, 1.807) is 7.05 Å². The highest BCUT2D eigenvalue weighted by atomic mass is 16.7. The van der Waals surface area contributed by atoms with E-state index < -0.39 is 0 Å². The Morgan fingerprint density at radius 2 is 2.33 bits per heavy atom. The monoisotopic (exact) mass is 170 g/mol. The van der Waals surface area contributed by atoms with Crippen LogP contribution in [0.3, 0.4) is 0 Å². The van der Waals surface area contributed by atoms with Crippen molar-refractivity contribution in [1.82, 2.24) is 5.06 Å². The van der Waals surface area contributed by atoms with Gasteiger partial charge in [0, 0.05) is 13.1 Å². The molecule has 4 nitrogen and oxygen atoms in total. The lowest BCUT2D eigenvalue weighted by Crippen LogP contribution is -2.31. The molecule has 0 bridgehead atoms. The van der Waals surface area contributed by atoms with Crippen molar-refractivity contribution in [2.75, 3.05) is 14.2 Å². The molecule has 0 saturated heterocycles. The number of hydroxylamine groups is 2. The number of carbonyl (C=O) groups is 1. The average molecular weight is 170 g/mol. The van der Waals surface area contributed by atoms with Gasteiger partial charge >= 0.3 is 0 Å². The number of nitrogens with two attached hydrogens (primary N) is 1. The van der Waals surface area contributed by atoms with Crippen LogP contribution in [0.4, 0.5) is 0 Å². The number of nitrogens with zero attached hydrogens (tertiary/aromatic N) is 1. The molecule has 2 atom stereocenters. The third kappa shape index (κ3) is 1.84. The van der Waals surface area contributed by atoms with Gasteiger partial charge in [-0.15, -0.1) is 0 Å². The molecule has 0 spiro atoms. The largest absolute Gasteiger partial charge is 0.324 e. The van der Waals surface area contributed by atoms with Crippen molar-refractivity contribution in [3.8, 4) is 0 Å². The summed E-state index contributed by atoms with van der Waals surface area (Å²) in [7, 11) is 3.07. The molecule has 0 aromatic carbocycles. The maximum absolute atomic E-state index is 11.4. The highest BCUT2D eigenvalue weighted by Crippen LogP contribution is 2.18. The van der Waals surface area contributed by atoms with Gasteiger partial charge in [0.1, 0.15) is 0 Å². The predicted molar refractivity (Wildman–Crippen MR) is 45.0 cm³/mol. The lowest BCUT2D eigenvalue weighted by atomic mass is 10.1. The zero-order valence-electron chi connectivity index (χ0n) is 7.36. The van der Waals surface area contributed by atoms with Crippen molar-refractivity contribution >= 4 is 5.91 Å². The lowest BCUT2D eigenvalue weighted by Gasteiger charge is -2.17. The zero-order chi connectivity index (χ0) is 9.14. The van der Waals surface area contributed by atoms with Gasteiger partial charge in [0.15, 0.2) is 0 Å². The van der Waals surface area contributed by atoms with Crippen LogP contribution in [0.25, 0.3) is 0 Å². The van der Waals surface area contributed by atoms with Crippen LogP contribution in [0.5, 0.6) is 0 Å². The van der Waals surface area contributed by atoms with Gasteiger partial charge in [0.2, 0.25) is 0 Å². The van der Waals surface area contributed by atoms with Gasteiger partial charge in [-0.3, -0.25) is 9.63 Å². The Bertz CT molecular complexity index is 203. The van der Waals surface area contributed by atoms with E-state index in [0.717, 1.165) is 0 Å². The second-order valence-electron chi connectivity index (χ2n) is 2.91. The predicted octanol–water partition coefficient (Wildman–Crippen LogP) is -0.0904. The Balaban J connectivity index is 2.49. The molecule has 0 aromatic rings. The molecule has 4 heteroatoms. The van der Waals surface area contributed by atoms with Gasteiger partial charge in [-0.25, -0.2) is 5.06 Å². The van der Waals surface area contributed by atoms with E-state index >= 15 is 0 Å². The molecule has 1 amide bonds. The maximum Gasteiger partial charge on any atom is 0.252 e. The van der Waals surface area contributed by atoms with Crippen LogP contribution >= 0.6 is 0 Å². The first-order valence-electron chi connectivity index (χ1n) is 3.90. The number of hydrogen-bond donors (Lipinski definition) is 1. The highest BCUT2D eigenvalue weighted by Gasteiger charge is 2.25. The van der Waals surface area contributed by atoms with Crippen molar-refractivity contribution in [2.24, 2.45) is 11.7 Å². The molecular weight excluding hydrogens is 156 g/mol. The molecule has 1 aliphatic carbocycles. The van der Waals surface area contributed by atoms with E-state index in [1.807, 2.05) is 12.2 Å². The molecule has 0 aliphatic heterocycles. The van der Waals surface area contributed by atoms with E-state index in [2.05, 4.69) is 0 Å². The second-order valence-corrected chi connectivity index (χ2v) is 2.91. The summed E-state index contributed by atoms with van der Waals surface area (Å²) in [5, 5.41) is 1.23. The molecule has 12 heavy (non-hydrogen) atoms. The number of hydrogen-bond acceptors (Lipinski definition) is 3. The van der Waals surface area contributed by atoms with Crippen LogP contribution in [-0.2, 0) is 9.63 Å². The molecule has 0 radical (unpaired) electrons. The summed E-state index contributed by atoms with van der Waals surface area (Å²) < 4.78 is 0. The van der Waals surface area contributed by atoms with Gasteiger partial charge in [-0.1, -0.05) is 12.2 Å². The summed E-state index contributed by atoms with van der Waals surface area (Å²) in [6, 6.07) is 0.0178. The summed E-state index contributed by atoms with van der Waals surface area (Å²) in [4.78, 5) is 16.2. The standard InChI is InChI=1S/C8H14N2O2/c1-10(12-2)8(11)6-3-4-7(9)5-6/h3-4,6-7H,5,9H2,1-2H3. The van der Waals surface area contributed by atoms with Crippen LogP contribution in [0, 0.1) is 5.92 Å². The fourth-order valence-electron chi connectivity index (χ4n) is 1.23. The van der Waals surface area contributed by atoms with Gasteiger partial charge in [0.05, 0.1) is 13.0 Å². The molecule has 2 N–H and O–H groups in total. The number of carbonyl (C=O) groups excluding carboxylic acids is 1. The minimum atomic E-state index is -0.107.